The molecule has 0 aromatic carbocycles. The van der Waals surface area contributed by atoms with Gasteiger partial charge in [-0.1, -0.05) is 31.1 Å². The quantitative estimate of drug-likeness (QED) is 0.517. The zero-order valence-electron chi connectivity index (χ0n) is 10.6. The Balaban J connectivity index is 0.000000364. The van der Waals surface area contributed by atoms with Crippen LogP contribution in [0.15, 0.2) is 23.8 Å². The summed E-state index contributed by atoms with van der Waals surface area (Å²) < 4.78 is 0. The normalized spacial score (nSPS) is 21.0. The van der Waals surface area contributed by atoms with Crippen molar-refractivity contribution in [3.05, 3.63) is 23.8 Å². The Labute approximate surface area is 90.1 Å². The van der Waals surface area contributed by atoms with Crippen molar-refractivity contribution in [3.8, 4) is 0 Å². The van der Waals surface area contributed by atoms with Gasteiger partial charge in [0.2, 0.25) is 0 Å². The van der Waals surface area contributed by atoms with Crippen molar-refractivity contribution in [2.45, 2.75) is 53.9 Å². The zero-order valence-corrected chi connectivity index (χ0v) is 10.6. The predicted molar refractivity (Wildman–Crippen MR) is 66.4 cm³/mol. The molecule has 0 heteroatoms. The van der Waals surface area contributed by atoms with Crippen LogP contribution >= 0.6 is 0 Å². The molecule has 0 fully saturated rings. The molecule has 0 spiro atoms. The Morgan fingerprint density at radius 1 is 1.43 bits per heavy atom. The van der Waals surface area contributed by atoms with E-state index in [-0.39, 0.29) is 0 Å². The predicted octanol–water partition coefficient (Wildman–Crippen LogP) is 4.97. The highest BCUT2D eigenvalue weighted by Crippen LogP contribution is 2.27. The maximum absolute atomic E-state index is 3.56. The van der Waals surface area contributed by atoms with E-state index in [4.69, 9.17) is 0 Å². The molecule has 0 heterocycles. The van der Waals surface area contributed by atoms with Gasteiger partial charge in [0.05, 0.1) is 0 Å². The highest BCUT2D eigenvalue weighted by Gasteiger charge is 2.13. The van der Waals surface area contributed by atoms with Gasteiger partial charge < -0.3 is 0 Å². The fraction of sp³-hybridized carbons (Fsp3) is 0.714. The Hall–Kier alpha value is -0.520. The van der Waals surface area contributed by atoms with Crippen LogP contribution in [-0.2, 0) is 0 Å². The van der Waals surface area contributed by atoms with Gasteiger partial charge in [-0.15, -0.1) is 6.58 Å². The summed E-state index contributed by atoms with van der Waals surface area (Å²) in [6.45, 7) is 14.4. The van der Waals surface area contributed by atoms with Crippen molar-refractivity contribution >= 4 is 0 Å². The van der Waals surface area contributed by atoms with Crippen LogP contribution in [0.4, 0.5) is 0 Å². The van der Waals surface area contributed by atoms with Crippen LogP contribution in [0.5, 0.6) is 0 Å². The monoisotopic (exact) mass is 194 g/mol. The van der Waals surface area contributed by atoms with E-state index in [0.717, 1.165) is 11.8 Å². The summed E-state index contributed by atoms with van der Waals surface area (Å²) in [4.78, 5) is 0. The van der Waals surface area contributed by atoms with E-state index in [1.54, 1.807) is 5.57 Å². The lowest BCUT2D eigenvalue weighted by atomic mass is 9.84. The Bertz CT molecular complexity index is 192. The molecule has 0 aromatic heterocycles. The molecule has 0 aliphatic heterocycles. The van der Waals surface area contributed by atoms with Gasteiger partial charge in [-0.3, -0.25) is 0 Å². The minimum atomic E-state index is 0.843. The summed E-state index contributed by atoms with van der Waals surface area (Å²) in [6.07, 6.45) is 6.62. The van der Waals surface area contributed by atoms with Gasteiger partial charge in [0, 0.05) is 0 Å². The first kappa shape index (κ1) is 13.5. The highest BCUT2D eigenvalue weighted by atomic mass is 14.2. The second-order valence-corrected chi connectivity index (χ2v) is 5.02. The van der Waals surface area contributed by atoms with Crippen LogP contribution in [0, 0.1) is 11.8 Å². The molecule has 0 nitrogen and oxygen atoms in total. The standard InChI is InChI=1S/C10H18.C4H8/c1-8(2)10-6-4-5-9(3)7-10;1-4(2)3/h7-8,10H,4-6H2,1-3H3;1H2,2-3H3. The van der Waals surface area contributed by atoms with Gasteiger partial charge in [-0.25, -0.2) is 0 Å². The number of hydrogen-bond donors (Lipinski definition) is 0. The van der Waals surface area contributed by atoms with Gasteiger partial charge >= 0.3 is 0 Å². The van der Waals surface area contributed by atoms with E-state index in [0.29, 0.717) is 0 Å². The third-order valence-corrected chi connectivity index (χ3v) is 2.46. The zero-order chi connectivity index (χ0) is 11.1. The molecule has 0 radical (unpaired) electrons. The topological polar surface area (TPSA) is 0 Å². The van der Waals surface area contributed by atoms with Gasteiger partial charge in [0.1, 0.15) is 0 Å². The van der Waals surface area contributed by atoms with Crippen LogP contribution in [0.1, 0.15) is 53.9 Å². The van der Waals surface area contributed by atoms with Gasteiger partial charge in [0.15, 0.2) is 0 Å². The molecule has 0 bridgehead atoms. The molecule has 0 aromatic rings. The largest absolute Gasteiger partial charge is 0.100 e. The Morgan fingerprint density at radius 3 is 2.21 bits per heavy atom. The van der Waals surface area contributed by atoms with E-state index < -0.39 is 0 Å². The Morgan fingerprint density at radius 2 is 1.93 bits per heavy atom. The smallest absolute Gasteiger partial charge is 0.0208 e. The summed E-state index contributed by atoms with van der Waals surface area (Å²) in [5.41, 5.74) is 2.77. The molecular formula is C14H26. The van der Waals surface area contributed by atoms with E-state index in [9.17, 15) is 0 Å². The van der Waals surface area contributed by atoms with Crippen molar-refractivity contribution in [2.75, 3.05) is 0 Å². The first-order valence-electron chi connectivity index (χ1n) is 5.73. The number of rotatable bonds is 1. The molecule has 1 unspecified atom stereocenters. The minimum absolute atomic E-state index is 0.843. The van der Waals surface area contributed by atoms with Crippen molar-refractivity contribution in [1.29, 1.82) is 0 Å². The molecule has 0 N–H and O–H groups in total. The summed E-state index contributed by atoms with van der Waals surface area (Å²) in [6, 6.07) is 0. The van der Waals surface area contributed by atoms with Crippen LogP contribution in [0.25, 0.3) is 0 Å². The van der Waals surface area contributed by atoms with Crippen molar-refractivity contribution in [3.63, 3.8) is 0 Å². The maximum Gasteiger partial charge on any atom is -0.0208 e. The van der Waals surface area contributed by atoms with Crippen molar-refractivity contribution in [1.82, 2.24) is 0 Å². The highest BCUT2D eigenvalue weighted by molar-refractivity contribution is 5.05. The molecule has 1 atom stereocenters. The first-order chi connectivity index (χ1) is 6.43. The molecule has 82 valence electrons. The van der Waals surface area contributed by atoms with E-state index in [2.05, 4.69) is 33.4 Å². The summed E-state index contributed by atoms with van der Waals surface area (Å²) in [5, 5.41) is 0. The van der Waals surface area contributed by atoms with Crippen molar-refractivity contribution < 1.29 is 0 Å². The molecule has 1 aliphatic carbocycles. The lowest BCUT2D eigenvalue weighted by molar-refractivity contribution is 0.406. The third-order valence-electron chi connectivity index (χ3n) is 2.46. The summed E-state index contributed by atoms with van der Waals surface area (Å²) in [5.74, 6) is 1.71. The third kappa shape index (κ3) is 6.94. The average molecular weight is 194 g/mol. The fourth-order valence-corrected chi connectivity index (χ4v) is 1.67. The van der Waals surface area contributed by atoms with Crippen LogP contribution < -0.4 is 0 Å². The second kappa shape index (κ2) is 6.86. The summed E-state index contributed by atoms with van der Waals surface area (Å²) >= 11 is 0. The minimum Gasteiger partial charge on any atom is -0.100 e. The van der Waals surface area contributed by atoms with E-state index >= 15 is 0 Å². The lowest BCUT2D eigenvalue weighted by Crippen LogP contribution is -2.09. The Kier molecular flexibility index (Phi) is 6.61. The van der Waals surface area contributed by atoms with Gasteiger partial charge in [-0.05, 0) is 51.9 Å². The van der Waals surface area contributed by atoms with Crippen LogP contribution in [0.2, 0.25) is 0 Å². The number of hydrogen-bond acceptors (Lipinski definition) is 0. The van der Waals surface area contributed by atoms with Crippen LogP contribution in [0.3, 0.4) is 0 Å². The number of allylic oxidation sites excluding steroid dienone is 3. The van der Waals surface area contributed by atoms with Crippen molar-refractivity contribution in [2.24, 2.45) is 11.8 Å². The van der Waals surface area contributed by atoms with Gasteiger partial charge in [-0.2, -0.15) is 0 Å². The molecule has 0 saturated heterocycles. The van der Waals surface area contributed by atoms with Gasteiger partial charge in [0.25, 0.3) is 0 Å². The van der Waals surface area contributed by atoms with Crippen LogP contribution in [-0.4, -0.2) is 0 Å². The molecule has 1 aliphatic rings. The molecule has 0 saturated carbocycles. The molecular weight excluding hydrogens is 168 g/mol. The second-order valence-electron chi connectivity index (χ2n) is 5.02. The SMILES string of the molecule is C=C(C)C.CC1=CC(C(C)C)CCC1. The molecule has 14 heavy (non-hydrogen) atoms. The fourth-order valence-electron chi connectivity index (χ4n) is 1.67. The lowest BCUT2D eigenvalue weighted by Gasteiger charge is -2.22. The van der Waals surface area contributed by atoms with E-state index in [1.165, 1.54) is 24.8 Å². The van der Waals surface area contributed by atoms with E-state index in [1.807, 2.05) is 13.8 Å². The average Bonchev–Trinajstić information content (AvgIpc) is 2.03. The maximum atomic E-state index is 3.56. The molecule has 0 amide bonds. The first-order valence-corrected chi connectivity index (χ1v) is 5.73. The summed E-state index contributed by atoms with van der Waals surface area (Å²) in [7, 11) is 0. The molecule has 1 rings (SSSR count).